The van der Waals surface area contributed by atoms with Gasteiger partial charge >= 0.3 is 5.69 Å². The summed E-state index contributed by atoms with van der Waals surface area (Å²) in [5, 5.41) is 13.6. The van der Waals surface area contributed by atoms with Crippen molar-refractivity contribution in [3.05, 3.63) is 56.5 Å². The van der Waals surface area contributed by atoms with Crippen molar-refractivity contribution in [2.45, 2.75) is 6.92 Å². The highest BCUT2D eigenvalue weighted by Crippen LogP contribution is 2.32. The van der Waals surface area contributed by atoms with Crippen LogP contribution in [0, 0.1) is 17.0 Å². The number of halogens is 1. The number of nitrogens with zero attached hydrogens (tertiary/aromatic N) is 1. The van der Waals surface area contributed by atoms with Gasteiger partial charge in [-0.1, -0.05) is 22.0 Å². The minimum Gasteiger partial charge on any atom is -0.490 e. The van der Waals surface area contributed by atoms with E-state index in [2.05, 4.69) is 21.2 Å². The Labute approximate surface area is 146 Å². The first kappa shape index (κ1) is 17.7. The van der Waals surface area contributed by atoms with Crippen LogP contribution in [0.5, 0.6) is 11.5 Å². The zero-order chi connectivity index (χ0) is 17.7. The second kappa shape index (κ2) is 7.78. The van der Waals surface area contributed by atoms with Crippen molar-refractivity contribution in [3.8, 4) is 11.5 Å². The Bertz CT molecular complexity index is 779. The predicted octanol–water partition coefficient (Wildman–Crippen LogP) is 3.69. The molecule has 0 fully saturated rings. The van der Waals surface area contributed by atoms with Gasteiger partial charge in [-0.25, -0.2) is 0 Å². The van der Waals surface area contributed by atoms with Crippen molar-refractivity contribution in [2.75, 3.05) is 19.0 Å². The lowest BCUT2D eigenvalue weighted by molar-refractivity contribution is -0.385. The van der Waals surface area contributed by atoms with Gasteiger partial charge in [-0.15, -0.1) is 0 Å². The third kappa shape index (κ3) is 4.45. The Morgan fingerprint density at radius 1 is 1.33 bits per heavy atom. The molecule has 0 aliphatic heterocycles. The van der Waals surface area contributed by atoms with Crippen molar-refractivity contribution in [2.24, 2.45) is 0 Å². The minimum absolute atomic E-state index is 0.0776. The molecule has 0 unspecified atom stereocenters. The Balaban J connectivity index is 2.07. The molecule has 0 bridgehead atoms. The molecular formula is C16H15BrN2O5. The highest BCUT2D eigenvalue weighted by molar-refractivity contribution is 9.10. The third-order valence-corrected chi connectivity index (χ3v) is 3.66. The fourth-order valence-electron chi connectivity index (χ4n) is 2.01. The van der Waals surface area contributed by atoms with Gasteiger partial charge in [-0.2, -0.15) is 0 Å². The molecule has 0 aliphatic rings. The van der Waals surface area contributed by atoms with E-state index in [1.54, 1.807) is 25.1 Å². The first-order valence-electron chi connectivity index (χ1n) is 6.92. The van der Waals surface area contributed by atoms with Gasteiger partial charge in [0.25, 0.3) is 5.91 Å². The quantitative estimate of drug-likeness (QED) is 0.595. The number of methoxy groups -OCH3 is 1. The molecule has 1 N–H and O–H groups in total. The van der Waals surface area contributed by atoms with E-state index in [1.165, 1.54) is 19.2 Å². The topological polar surface area (TPSA) is 90.7 Å². The maximum absolute atomic E-state index is 12.0. The minimum atomic E-state index is -0.534. The number of carbonyl (C=O) groups excluding carboxylic acids is 1. The predicted molar refractivity (Wildman–Crippen MR) is 92.7 cm³/mol. The van der Waals surface area contributed by atoms with E-state index >= 15 is 0 Å². The molecule has 0 saturated heterocycles. The van der Waals surface area contributed by atoms with Crippen LogP contribution in [0.25, 0.3) is 0 Å². The number of amides is 1. The van der Waals surface area contributed by atoms with Gasteiger partial charge in [-0.05, 0) is 30.7 Å². The number of anilines is 1. The molecule has 0 aliphatic carbocycles. The summed E-state index contributed by atoms with van der Waals surface area (Å²) in [7, 11) is 1.33. The number of hydrogen-bond acceptors (Lipinski definition) is 5. The first-order chi connectivity index (χ1) is 11.4. The normalized spacial score (nSPS) is 10.1. The van der Waals surface area contributed by atoms with E-state index in [0.717, 1.165) is 4.47 Å². The molecule has 126 valence electrons. The highest BCUT2D eigenvalue weighted by Gasteiger charge is 2.18. The number of carbonyl (C=O) groups is 1. The standard InChI is InChI=1S/C16H15BrN2O5/c1-10-6-14(19(21)22)15(23-2)8-13(10)18-16(20)9-24-12-5-3-4-11(17)7-12/h3-8H,9H2,1-2H3,(H,18,20). The zero-order valence-electron chi connectivity index (χ0n) is 13.0. The summed E-state index contributed by atoms with van der Waals surface area (Å²) in [5.74, 6) is 0.250. The molecule has 2 aromatic rings. The lowest BCUT2D eigenvalue weighted by Crippen LogP contribution is -2.20. The summed E-state index contributed by atoms with van der Waals surface area (Å²) >= 11 is 3.32. The lowest BCUT2D eigenvalue weighted by Gasteiger charge is -2.11. The van der Waals surface area contributed by atoms with Crippen LogP contribution in [0.2, 0.25) is 0 Å². The summed E-state index contributed by atoms with van der Waals surface area (Å²) in [6, 6.07) is 9.89. The van der Waals surface area contributed by atoms with Crippen LogP contribution >= 0.6 is 15.9 Å². The van der Waals surface area contributed by atoms with Gasteiger partial charge < -0.3 is 14.8 Å². The van der Waals surface area contributed by atoms with Gasteiger partial charge in [-0.3, -0.25) is 14.9 Å². The van der Waals surface area contributed by atoms with E-state index in [-0.39, 0.29) is 24.0 Å². The van der Waals surface area contributed by atoms with Crippen LogP contribution in [-0.4, -0.2) is 24.5 Å². The fraction of sp³-hybridized carbons (Fsp3) is 0.188. The third-order valence-electron chi connectivity index (χ3n) is 3.16. The zero-order valence-corrected chi connectivity index (χ0v) is 14.6. The van der Waals surface area contributed by atoms with Gasteiger partial charge in [0.15, 0.2) is 12.4 Å². The molecule has 8 heteroatoms. The Morgan fingerprint density at radius 3 is 2.71 bits per heavy atom. The average Bonchev–Trinajstić information content (AvgIpc) is 2.54. The van der Waals surface area contributed by atoms with Crippen LogP contribution in [0.15, 0.2) is 40.9 Å². The molecule has 2 aromatic carbocycles. The monoisotopic (exact) mass is 394 g/mol. The highest BCUT2D eigenvalue weighted by atomic mass is 79.9. The largest absolute Gasteiger partial charge is 0.490 e. The van der Waals surface area contributed by atoms with Crippen molar-refractivity contribution < 1.29 is 19.2 Å². The van der Waals surface area contributed by atoms with E-state index in [4.69, 9.17) is 9.47 Å². The molecular weight excluding hydrogens is 380 g/mol. The van der Waals surface area contributed by atoms with Crippen molar-refractivity contribution in [1.82, 2.24) is 0 Å². The summed E-state index contributed by atoms with van der Waals surface area (Å²) in [6.45, 7) is 1.48. The van der Waals surface area contributed by atoms with Crippen LogP contribution < -0.4 is 14.8 Å². The number of ether oxygens (including phenoxy) is 2. The summed E-state index contributed by atoms with van der Waals surface area (Å²) in [4.78, 5) is 22.5. The van der Waals surface area contributed by atoms with E-state index in [0.29, 0.717) is 17.0 Å². The SMILES string of the molecule is COc1cc(NC(=O)COc2cccc(Br)c2)c(C)cc1[N+](=O)[O-]. The maximum atomic E-state index is 12.0. The fourth-order valence-corrected chi connectivity index (χ4v) is 2.38. The smallest absolute Gasteiger partial charge is 0.311 e. The van der Waals surface area contributed by atoms with Gasteiger partial charge in [0, 0.05) is 22.3 Å². The molecule has 0 saturated carbocycles. The molecule has 0 spiro atoms. The van der Waals surface area contributed by atoms with Crippen LogP contribution in [-0.2, 0) is 4.79 Å². The molecule has 0 heterocycles. The second-order valence-corrected chi connectivity index (χ2v) is 5.81. The van der Waals surface area contributed by atoms with Gasteiger partial charge in [0.1, 0.15) is 5.75 Å². The van der Waals surface area contributed by atoms with Crippen LogP contribution in [0.4, 0.5) is 11.4 Å². The molecule has 0 aromatic heterocycles. The van der Waals surface area contributed by atoms with Crippen molar-refractivity contribution >= 4 is 33.2 Å². The first-order valence-corrected chi connectivity index (χ1v) is 7.71. The Hall–Kier alpha value is -2.61. The number of nitro groups is 1. The second-order valence-electron chi connectivity index (χ2n) is 4.89. The maximum Gasteiger partial charge on any atom is 0.311 e. The number of benzene rings is 2. The number of rotatable bonds is 6. The van der Waals surface area contributed by atoms with E-state index < -0.39 is 4.92 Å². The number of nitrogens with one attached hydrogen (secondary N) is 1. The number of hydrogen-bond donors (Lipinski definition) is 1. The molecule has 7 nitrogen and oxygen atoms in total. The average molecular weight is 395 g/mol. The summed E-state index contributed by atoms with van der Waals surface area (Å²) in [5.41, 5.74) is 0.831. The molecule has 0 radical (unpaired) electrons. The summed E-state index contributed by atoms with van der Waals surface area (Å²) < 4.78 is 11.2. The van der Waals surface area contributed by atoms with E-state index in [1.807, 2.05) is 6.07 Å². The molecule has 24 heavy (non-hydrogen) atoms. The van der Waals surface area contributed by atoms with Crippen molar-refractivity contribution in [1.29, 1.82) is 0 Å². The number of aryl methyl sites for hydroxylation is 1. The van der Waals surface area contributed by atoms with Gasteiger partial charge in [0.05, 0.1) is 12.0 Å². The van der Waals surface area contributed by atoms with Gasteiger partial charge in [0.2, 0.25) is 0 Å². The Morgan fingerprint density at radius 2 is 2.08 bits per heavy atom. The molecule has 0 atom stereocenters. The Kier molecular flexibility index (Phi) is 5.75. The molecule has 2 rings (SSSR count). The molecule has 1 amide bonds. The summed E-state index contributed by atoms with van der Waals surface area (Å²) in [6.07, 6.45) is 0. The number of nitro benzene ring substituents is 1. The van der Waals surface area contributed by atoms with E-state index in [9.17, 15) is 14.9 Å². The lowest BCUT2D eigenvalue weighted by atomic mass is 10.1. The van der Waals surface area contributed by atoms with Crippen molar-refractivity contribution in [3.63, 3.8) is 0 Å². The van der Waals surface area contributed by atoms with Crippen LogP contribution in [0.1, 0.15) is 5.56 Å². The van der Waals surface area contributed by atoms with Crippen LogP contribution in [0.3, 0.4) is 0 Å².